The van der Waals surface area contributed by atoms with Gasteiger partial charge in [-0.1, -0.05) is 17.3 Å². The lowest BCUT2D eigenvalue weighted by atomic mass is 10.1. The molecule has 0 amide bonds. The number of rotatable bonds is 7. The molecular weight excluding hydrogens is 322 g/mol. The second-order valence-electron chi connectivity index (χ2n) is 5.00. The Bertz CT molecular complexity index is 783. The molecule has 0 aliphatic rings. The van der Waals surface area contributed by atoms with Crippen LogP contribution in [-0.4, -0.2) is 39.4 Å². The van der Waals surface area contributed by atoms with Crippen LogP contribution in [0.1, 0.15) is 11.1 Å². The smallest absolute Gasteiger partial charge is 0.161 e. The van der Waals surface area contributed by atoms with E-state index in [-0.39, 0.29) is 0 Å². The summed E-state index contributed by atoms with van der Waals surface area (Å²) < 4.78 is 21.0. The van der Waals surface area contributed by atoms with Gasteiger partial charge in [-0.2, -0.15) is 0 Å². The average Bonchev–Trinajstić information content (AvgIpc) is 2.67. The van der Waals surface area contributed by atoms with E-state index >= 15 is 0 Å². The molecule has 2 rings (SSSR count). The van der Waals surface area contributed by atoms with Crippen LogP contribution in [0.5, 0.6) is 23.0 Å². The minimum Gasteiger partial charge on any atom is -0.493 e. The predicted molar refractivity (Wildman–Crippen MR) is 96.4 cm³/mol. The van der Waals surface area contributed by atoms with Crippen molar-refractivity contribution in [3.05, 3.63) is 53.6 Å². The van der Waals surface area contributed by atoms with Crippen molar-refractivity contribution in [3.63, 3.8) is 0 Å². The molecule has 1 N–H and O–H groups in total. The third kappa shape index (κ3) is 4.23. The number of oxime groups is 1. The first-order valence-corrected chi connectivity index (χ1v) is 7.51. The molecule has 0 heterocycles. The zero-order chi connectivity index (χ0) is 18.2. The van der Waals surface area contributed by atoms with Crippen LogP contribution in [-0.2, 0) is 0 Å². The molecule has 0 atom stereocenters. The van der Waals surface area contributed by atoms with Gasteiger partial charge in [0, 0.05) is 5.56 Å². The van der Waals surface area contributed by atoms with Gasteiger partial charge in [0.25, 0.3) is 0 Å². The topological polar surface area (TPSA) is 69.5 Å². The van der Waals surface area contributed by atoms with E-state index in [2.05, 4.69) is 5.16 Å². The number of hydrogen-bond donors (Lipinski definition) is 1. The van der Waals surface area contributed by atoms with Crippen LogP contribution < -0.4 is 18.9 Å². The highest BCUT2D eigenvalue weighted by molar-refractivity contribution is 6.10. The highest BCUT2D eigenvalue weighted by atomic mass is 16.5. The number of nitrogens with zero attached hydrogens (tertiary/aromatic N) is 1. The molecule has 0 unspecified atom stereocenters. The number of allylic oxidation sites excluding steroid dienone is 1. The third-order valence-corrected chi connectivity index (χ3v) is 3.63. The Morgan fingerprint density at radius 3 is 1.92 bits per heavy atom. The predicted octanol–water partition coefficient (Wildman–Crippen LogP) is 3.61. The van der Waals surface area contributed by atoms with Crippen molar-refractivity contribution in [3.8, 4) is 23.0 Å². The molecule has 2 aromatic carbocycles. The van der Waals surface area contributed by atoms with Crippen LogP contribution in [0.15, 0.2) is 47.6 Å². The molecular formula is C19H21NO5. The van der Waals surface area contributed by atoms with Crippen LogP contribution in [0.25, 0.3) is 6.08 Å². The Hall–Kier alpha value is -3.15. The van der Waals surface area contributed by atoms with E-state index in [1.807, 2.05) is 24.3 Å². The molecule has 0 saturated heterocycles. The Kier molecular flexibility index (Phi) is 6.28. The molecule has 25 heavy (non-hydrogen) atoms. The minimum absolute atomic E-state index is 0.385. The van der Waals surface area contributed by atoms with Crippen molar-refractivity contribution in [2.75, 3.05) is 28.4 Å². The van der Waals surface area contributed by atoms with E-state index in [0.717, 1.165) is 5.56 Å². The number of ether oxygens (including phenoxy) is 4. The van der Waals surface area contributed by atoms with Crippen molar-refractivity contribution in [2.24, 2.45) is 5.16 Å². The summed E-state index contributed by atoms with van der Waals surface area (Å²) >= 11 is 0. The van der Waals surface area contributed by atoms with Gasteiger partial charge in [-0.15, -0.1) is 0 Å². The first kappa shape index (κ1) is 18.2. The largest absolute Gasteiger partial charge is 0.493 e. The summed E-state index contributed by atoms with van der Waals surface area (Å²) in [6, 6.07) is 10.8. The Morgan fingerprint density at radius 1 is 0.800 bits per heavy atom. The highest BCUT2D eigenvalue weighted by Gasteiger charge is 2.08. The van der Waals surface area contributed by atoms with E-state index in [1.54, 1.807) is 52.7 Å². The summed E-state index contributed by atoms with van der Waals surface area (Å²) in [6.45, 7) is 0. The number of methoxy groups -OCH3 is 4. The molecule has 0 aromatic heterocycles. The van der Waals surface area contributed by atoms with Gasteiger partial charge in [-0.25, -0.2) is 0 Å². The van der Waals surface area contributed by atoms with Gasteiger partial charge < -0.3 is 24.2 Å². The molecule has 0 spiro atoms. The maximum atomic E-state index is 9.35. The van der Waals surface area contributed by atoms with Crippen molar-refractivity contribution in [2.45, 2.75) is 0 Å². The van der Waals surface area contributed by atoms with Gasteiger partial charge in [-0.3, -0.25) is 0 Å². The second-order valence-corrected chi connectivity index (χ2v) is 5.00. The Labute approximate surface area is 146 Å². The number of benzene rings is 2. The quantitative estimate of drug-likeness (QED) is 0.472. The van der Waals surface area contributed by atoms with E-state index < -0.39 is 0 Å². The fourth-order valence-electron chi connectivity index (χ4n) is 2.31. The molecule has 0 saturated carbocycles. The van der Waals surface area contributed by atoms with Crippen molar-refractivity contribution >= 4 is 11.8 Å². The van der Waals surface area contributed by atoms with Gasteiger partial charge in [0.2, 0.25) is 0 Å². The molecule has 0 bridgehead atoms. The summed E-state index contributed by atoms with van der Waals surface area (Å²) in [6.07, 6.45) is 3.51. The SMILES string of the molecule is COc1ccc(/C=C/C(=N/O)c2ccc(OC)c(OC)c2)cc1OC. The minimum atomic E-state index is 0.385. The maximum absolute atomic E-state index is 9.35. The first-order chi connectivity index (χ1) is 12.2. The molecule has 0 radical (unpaired) electrons. The standard InChI is InChI=1S/C19H21NO5/c1-22-16-9-6-13(11-18(16)24-3)5-8-15(20-21)14-7-10-17(23-2)19(12-14)25-4/h5-12,21H,1-4H3/b8-5+,20-15-. The van der Waals surface area contributed by atoms with Crippen LogP contribution in [0.4, 0.5) is 0 Å². The lowest BCUT2D eigenvalue weighted by Crippen LogP contribution is -1.99. The molecule has 6 heteroatoms. The van der Waals surface area contributed by atoms with Crippen LogP contribution in [0.2, 0.25) is 0 Å². The van der Waals surface area contributed by atoms with E-state index in [4.69, 9.17) is 18.9 Å². The molecule has 0 fully saturated rings. The van der Waals surface area contributed by atoms with Gasteiger partial charge in [0.05, 0.1) is 28.4 Å². The van der Waals surface area contributed by atoms with E-state index in [0.29, 0.717) is 34.3 Å². The highest BCUT2D eigenvalue weighted by Crippen LogP contribution is 2.29. The summed E-state index contributed by atoms with van der Waals surface area (Å²) in [4.78, 5) is 0. The maximum Gasteiger partial charge on any atom is 0.161 e. The van der Waals surface area contributed by atoms with Gasteiger partial charge in [0.15, 0.2) is 23.0 Å². The van der Waals surface area contributed by atoms with Crippen LogP contribution in [0.3, 0.4) is 0 Å². The Balaban J connectivity index is 2.29. The van der Waals surface area contributed by atoms with Gasteiger partial charge >= 0.3 is 0 Å². The van der Waals surface area contributed by atoms with Gasteiger partial charge in [-0.05, 0) is 42.0 Å². The van der Waals surface area contributed by atoms with E-state index in [9.17, 15) is 5.21 Å². The lowest BCUT2D eigenvalue weighted by molar-refractivity contribution is 0.320. The molecule has 0 aliphatic heterocycles. The third-order valence-electron chi connectivity index (χ3n) is 3.63. The average molecular weight is 343 g/mol. The van der Waals surface area contributed by atoms with Gasteiger partial charge in [0.1, 0.15) is 5.71 Å². The molecule has 2 aromatic rings. The summed E-state index contributed by atoms with van der Waals surface area (Å²) in [5.74, 6) is 2.43. The monoisotopic (exact) mass is 343 g/mol. The van der Waals surface area contributed by atoms with Crippen molar-refractivity contribution in [1.82, 2.24) is 0 Å². The second kappa shape index (κ2) is 8.63. The fraction of sp³-hybridized carbons (Fsp3) is 0.211. The molecule has 0 aliphatic carbocycles. The van der Waals surface area contributed by atoms with Crippen molar-refractivity contribution < 1.29 is 24.2 Å². The van der Waals surface area contributed by atoms with E-state index in [1.165, 1.54) is 0 Å². The summed E-state index contributed by atoms with van der Waals surface area (Å²) in [5, 5.41) is 12.7. The first-order valence-electron chi connectivity index (χ1n) is 7.51. The lowest BCUT2D eigenvalue weighted by Gasteiger charge is -2.09. The van der Waals surface area contributed by atoms with Crippen LogP contribution >= 0.6 is 0 Å². The van der Waals surface area contributed by atoms with Crippen molar-refractivity contribution in [1.29, 1.82) is 0 Å². The van der Waals surface area contributed by atoms with Crippen LogP contribution in [0, 0.1) is 0 Å². The number of hydrogen-bond acceptors (Lipinski definition) is 6. The fourth-order valence-corrected chi connectivity index (χ4v) is 2.31. The molecule has 132 valence electrons. The zero-order valence-electron chi connectivity index (χ0n) is 14.6. The Morgan fingerprint density at radius 2 is 1.36 bits per heavy atom. The molecule has 6 nitrogen and oxygen atoms in total. The summed E-state index contributed by atoms with van der Waals surface area (Å²) in [7, 11) is 6.28. The normalized spacial score (nSPS) is 11.4. The zero-order valence-corrected chi connectivity index (χ0v) is 14.6. The summed E-state index contributed by atoms with van der Waals surface area (Å²) in [5.41, 5.74) is 1.95.